The zero-order valence-electron chi connectivity index (χ0n) is 10.3. The van der Waals surface area contributed by atoms with Gasteiger partial charge in [0.25, 0.3) is 5.91 Å². The Morgan fingerprint density at radius 3 is 2.65 bits per heavy atom. The Bertz CT molecular complexity index is 691. The van der Waals surface area contributed by atoms with Crippen molar-refractivity contribution < 1.29 is 4.79 Å². The number of carbonyl (C=O) groups excluding carboxylic acids is 1. The lowest BCUT2D eigenvalue weighted by Gasteiger charge is -2.11. The Kier molecular flexibility index (Phi) is 5.34. The van der Waals surface area contributed by atoms with Gasteiger partial charge in [0.1, 0.15) is 0 Å². The molecule has 6 heteroatoms. The molecule has 0 atom stereocenters. The summed E-state index contributed by atoms with van der Waals surface area (Å²) in [6.45, 7) is 1.90. The van der Waals surface area contributed by atoms with E-state index in [0.717, 1.165) is 13.6 Å². The van der Waals surface area contributed by atoms with E-state index in [-0.39, 0.29) is 5.91 Å². The molecule has 0 saturated carbocycles. The Balaban J connectivity index is 2.32. The van der Waals surface area contributed by atoms with Crippen LogP contribution in [-0.2, 0) is 0 Å². The summed E-state index contributed by atoms with van der Waals surface area (Å²) in [6, 6.07) is 8.77. The Labute approximate surface area is 149 Å². The molecule has 20 heavy (non-hydrogen) atoms. The van der Waals surface area contributed by atoms with Gasteiger partial charge in [0.05, 0.1) is 11.3 Å². The first-order valence-corrected chi connectivity index (χ1v) is 8.23. The average molecular weight is 485 g/mol. The van der Waals surface area contributed by atoms with Crippen LogP contribution in [0.5, 0.6) is 0 Å². The minimum absolute atomic E-state index is 0.225. The third kappa shape index (κ3) is 3.67. The largest absolute Gasteiger partial charge is 0.321 e. The van der Waals surface area contributed by atoms with Crippen LogP contribution in [0, 0.1) is 10.5 Å². The molecule has 2 aromatic carbocycles. The van der Waals surface area contributed by atoms with Crippen molar-refractivity contribution in [3.63, 3.8) is 0 Å². The van der Waals surface area contributed by atoms with Gasteiger partial charge in [0.15, 0.2) is 0 Å². The summed E-state index contributed by atoms with van der Waals surface area (Å²) in [6.07, 6.45) is 0. The molecule has 0 spiro atoms. The number of benzene rings is 2. The molecule has 2 aromatic rings. The molecule has 0 aliphatic carbocycles. The van der Waals surface area contributed by atoms with Gasteiger partial charge in [-0.3, -0.25) is 4.79 Å². The molecule has 1 amide bonds. The summed E-state index contributed by atoms with van der Waals surface area (Å²) in [5, 5.41) is 3.95. The lowest BCUT2D eigenvalue weighted by molar-refractivity contribution is 0.102. The maximum absolute atomic E-state index is 12.3. The molecule has 0 aromatic heterocycles. The number of carbonyl (C=O) groups is 1. The van der Waals surface area contributed by atoms with Crippen LogP contribution < -0.4 is 5.32 Å². The molecular weight excluding hydrogens is 476 g/mol. The number of aryl methyl sites for hydroxylation is 1. The fraction of sp³-hybridized carbons (Fsp3) is 0.0714. The number of hydrogen-bond donors (Lipinski definition) is 1. The van der Waals surface area contributed by atoms with Crippen molar-refractivity contribution in [3.8, 4) is 0 Å². The summed E-state index contributed by atoms with van der Waals surface area (Å²) < 4.78 is 1.61. The zero-order chi connectivity index (χ0) is 14.9. The van der Waals surface area contributed by atoms with E-state index in [1.165, 1.54) is 0 Å². The normalized spacial score (nSPS) is 10.4. The van der Waals surface area contributed by atoms with E-state index >= 15 is 0 Å². The second kappa shape index (κ2) is 6.64. The molecule has 2 nitrogen and oxygen atoms in total. The second-order valence-corrected chi connectivity index (χ2v) is 7.02. The van der Waals surface area contributed by atoms with Crippen molar-refractivity contribution in [2.75, 3.05) is 5.32 Å². The van der Waals surface area contributed by atoms with Gasteiger partial charge in [0.2, 0.25) is 0 Å². The van der Waals surface area contributed by atoms with Gasteiger partial charge in [-0.2, -0.15) is 0 Å². The van der Waals surface area contributed by atoms with Gasteiger partial charge in [-0.1, -0.05) is 23.2 Å². The first-order valence-electron chi connectivity index (χ1n) is 5.60. The fourth-order valence-electron chi connectivity index (χ4n) is 1.60. The lowest BCUT2D eigenvalue weighted by Crippen LogP contribution is -2.14. The Hall–Kier alpha value is -0.300. The Morgan fingerprint density at radius 2 is 1.95 bits per heavy atom. The summed E-state index contributed by atoms with van der Waals surface area (Å²) in [5.74, 6) is -0.225. The molecule has 0 bridgehead atoms. The number of anilines is 1. The van der Waals surface area contributed by atoms with Crippen LogP contribution in [0.4, 0.5) is 5.69 Å². The lowest BCUT2D eigenvalue weighted by atomic mass is 10.2. The topological polar surface area (TPSA) is 29.1 Å². The number of nitrogens with one attached hydrogen (secondary N) is 1. The van der Waals surface area contributed by atoms with Crippen LogP contribution in [0.1, 0.15) is 15.9 Å². The minimum atomic E-state index is -0.225. The molecule has 0 aliphatic rings. The standard InChI is InChI=1S/C14H9BrCl2INO/c1-7-4-10(15)13(6-11(7)17)19-14(20)9-5-8(16)2-3-12(9)18/h2-6H,1H3,(H,19,20). The molecule has 0 fully saturated rings. The fourth-order valence-corrected chi connectivity index (χ4v) is 3.08. The zero-order valence-corrected chi connectivity index (χ0v) is 15.6. The molecule has 2 rings (SSSR count). The van der Waals surface area contributed by atoms with E-state index < -0.39 is 0 Å². The maximum atomic E-state index is 12.3. The van der Waals surface area contributed by atoms with Crippen LogP contribution >= 0.6 is 61.7 Å². The third-order valence-electron chi connectivity index (χ3n) is 2.67. The number of hydrogen-bond acceptors (Lipinski definition) is 1. The van der Waals surface area contributed by atoms with Crippen molar-refractivity contribution in [2.24, 2.45) is 0 Å². The van der Waals surface area contributed by atoms with Crippen LogP contribution in [0.2, 0.25) is 10.0 Å². The van der Waals surface area contributed by atoms with Crippen molar-refractivity contribution in [3.05, 3.63) is 59.5 Å². The van der Waals surface area contributed by atoms with Crippen LogP contribution in [0.15, 0.2) is 34.8 Å². The highest BCUT2D eigenvalue weighted by molar-refractivity contribution is 14.1. The van der Waals surface area contributed by atoms with Crippen LogP contribution in [0.25, 0.3) is 0 Å². The van der Waals surface area contributed by atoms with Gasteiger partial charge in [0, 0.05) is 18.1 Å². The molecular formula is C14H9BrCl2INO. The van der Waals surface area contributed by atoms with E-state index in [4.69, 9.17) is 23.2 Å². The molecule has 0 radical (unpaired) electrons. The summed E-state index contributed by atoms with van der Waals surface area (Å²) >= 11 is 17.5. The van der Waals surface area contributed by atoms with Gasteiger partial charge >= 0.3 is 0 Å². The molecule has 104 valence electrons. The Morgan fingerprint density at radius 1 is 1.25 bits per heavy atom. The maximum Gasteiger partial charge on any atom is 0.256 e. The van der Waals surface area contributed by atoms with E-state index in [1.54, 1.807) is 24.3 Å². The van der Waals surface area contributed by atoms with Crippen molar-refractivity contribution in [1.29, 1.82) is 0 Å². The van der Waals surface area contributed by atoms with Crippen molar-refractivity contribution >= 4 is 73.3 Å². The highest BCUT2D eigenvalue weighted by atomic mass is 127. The molecule has 0 aliphatic heterocycles. The van der Waals surface area contributed by atoms with Gasteiger partial charge in [-0.25, -0.2) is 0 Å². The van der Waals surface area contributed by atoms with Crippen LogP contribution in [-0.4, -0.2) is 5.91 Å². The highest BCUT2D eigenvalue weighted by Gasteiger charge is 2.13. The number of halogens is 4. The molecule has 0 unspecified atom stereocenters. The summed E-state index contributed by atoms with van der Waals surface area (Å²) in [5.41, 5.74) is 2.09. The highest BCUT2D eigenvalue weighted by Crippen LogP contribution is 2.30. The predicted octanol–water partition coefficient (Wildman–Crippen LogP) is 5.92. The first kappa shape index (κ1) is 16.1. The van der Waals surface area contributed by atoms with E-state index in [1.807, 2.05) is 13.0 Å². The third-order valence-corrected chi connectivity index (χ3v) is 4.91. The first-order chi connectivity index (χ1) is 9.38. The summed E-state index contributed by atoms with van der Waals surface area (Å²) in [4.78, 5) is 12.3. The molecule has 0 saturated heterocycles. The summed E-state index contributed by atoms with van der Waals surface area (Å²) in [7, 11) is 0. The monoisotopic (exact) mass is 483 g/mol. The van der Waals surface area contributed by atoms with Gasteiger partial charge in [-0.05, 0) is 81.3 Å². The van der Waals surface area contributed by atoms with Gasteiger partial charge in [-0.15, -0.1) is 0 Å². The number of amides is 1. The van der Waals surface area contributed by atoms with Crippen LogP contribution in [0.3, 0.4) is 0 Å². The van der Waals surface area contributed by atoms with E-state index in [9.17, 15) is 4.79 Å². The van der Waals surface area contributed by atoms with Gasteiger partial charge < -0.3 is 5.32 Å². The quantitative estimate of drug-likeness (QED) is 0.527. The van der Waals surface area contributed by atoms with Crippen molar-refractivity contribution in [1.82, 2.24) is 0 Å². The van der Waals surface area contributed by atoms with E-state index in [2.05, 4.69) is 43.8 Å². The predicted molar refractivity (Wildman–Crippen MR) is 96.0 cm³/mol. The average Bonchev–Trinajstić information content (AvgIpc) is 2.38. The number of rotatable bonds is 2. The minimum Gasteiger partial charge on any atom is -0.321 e. The smallest absolute Gasteiger partial charge is 0.256 e. The van der Waals surface area contributed by atoms with E-state index in [0.29, 0.717) is 21.3 Å². The molecule has 1 N–H and O–H groups in total. The second-order valence-electron chi connectivity index (χ2n) is 4.16. The SMILES string of the molecule is Cc1cc(Br)c(NC(=O)c2cc(Cl)ccc2I)cc1Cl. The van der Waals surface area contributed by atoms with Crippen molar-refractivity contribution in [2.45, 2.75) is 6.92 Å². The molecule has 0 heterocycles.